The molecule has 1 amide bonds. The number of amides is 1. The van der Waals surface area contributed by atoms with Crippen molar-refractivity contribution in [3.8, 4) is 11.1 Å². The highest BCUT2D eigenvalue weighted by Gasteiger charge is 2.19. The molecule has 2 nitrogen and oxygen atoms in total. The van der Waals surface area contributed by atoms with E-state index in [1.807, 2.05) is 72.8 Å². The maximum absolute atomic E-state index is 13.0. The number of benzene rings is 4. The summed E-state index contributed by atoms with van der Waals surface area (Å²) < 4.78 is 0. The Bertz CT molecular complexity index is 1090. The molecule has 0 aliphatic heterocycles. The van der Waals surface area contributed by atoms with Crippen LogP contribution in [0.2, 0.25) is 0 Å². The molecule has 0 heterocycles. The van der Waals surface area contributed by atoms with Gasteiger partial charge in [0.05, 0.1) is 6.04 Å². The van der Waals surface area contributed by atoms with Crippen molar-refractivity contribution >= 4 is 5.91 Å². The zero-order chi connectivity index (χ0) is 20.1. The second kappa shape index (κ2) is 8.57. The highest BCUT2D eigenvalue weighted by atomic mass is 16.1. The highest BCUT2D eigenvalue weighted by molar-refractivity contribution is 5.95. The zero-order valence-corrected chi connectivity index (χ0v) is 16.4. The van der Waals surface area contributed by atoms with Crippen LogP contribution in [0.3, 0.4) is 0 Å². The average molecular weight is 377 g/mol. The van der Waals surface area contributed by atoms with Gasteiger partial charge in [-0.3, -0.25) is 4.79 Å². The Morgan fingerprint density at radius 1 is 0.655 bits per heavy atom. The van der Waals surface area contributed by atoms with Gasteiger partial charge in [-0.1, -0.05) is 97.1 Å². The Morgan fingerprint density at radius 2 is 1.21 bits per heavy atom. The Labute approximate surface area is 171 Å². The molecule has 0 saturated carbocycles. The molecule has 1 N–H and O–H groups in total. The normalized spacial score (nSPS) is 11.6. The van der Waals surface area contributed by atoms with Gasteiger partial charge in [-0.2, -0.15) is 0 Å². The number of hydrogen-bond acceptors (Lipinski definition) is 1. The molecule has 0 saturated heterocycles. The van der Waals surface area contributed by atoms with Crippen LogP contribution in [0.25, 0.3) is 11.1 Å². The van der Waals surface area contributed by atoms with Crippen molar-refractivity contribution in [2.24, 2.45) is 0 Å². The third-order valence-corrected chi connectivity index (χ3v) is 5.16. The fourth-order valence-corrected chi connectivity index (χ4v) is 3.56. The lowest BCUT2D eigenvalue weighted by atomic mass is 9.94. The number of rotatable bonds is 5. The summed E-state index contributed by atoms with van der Waals surface area (Å²) in [5.74, 6) is -0.0817. The molecule has 0 fully saturated rings. The van der Waals surface area contributed by atoms with E-state index in [0.717, 1.165) is 27.8 Å². The Hall–Kier alpha value is -3.65. The van der Waals surface area contributed by atoms with Gasteiger partial charge in [-0.15, -0.1) is 0 Å². The second-order valence-corrected chi connectivity index (χ2v) is 7.12. The molecular weight excluding hydrogens is 354 g/mol. The van der Waals surface area contributed by atoms with Gasteiger partial charge >= 0.3 is 0 Å². The fourth-order valence-electron chi connectivity index (χ4n) is 3.56. The molecule has 142 valence electrons. The molecule has 0 unspecified atom stereocenters. The van der Waals surface area contributed by atoms with Gasteiger partial charge < -0.3 is 5.32 Å². The quantitative estimate of drug-likeness (QED) is 0.442. The second-order valence-electron chi connectivity index (χ2n) is 7.12. The first kappa shape index (κ1) is 18.7. The summed E-state index contributed by atoms with van der Waals surface area (Å²) in [4.78, 5) is 13.0. The third kappa shape index (κ3) is 4.27. The van der Waals surface area contributed by atoms with Crippen LogP contribution in [0.1, 0.15) is 33.1 Å². The Kier molecular flexibility index (Phi) is 5.53. The van der Waals surface area contributed by atoms with E-state index in [-0.39, 0.29) is 11.9 Å². The first-order valence-corrected chi connectivity index (χ1v) is 9.79. The van der Waals surface area contributed by atoms with Gasteiger partial charge in [-0.25, -0.2) is 0 Å². The molecule has 0 radical (unpaired) electrons. The smallest absolute Gasteiger partial charge is 0.252 e. The minimum Gasteiger partial charge on any atom is -0.341 e. The maximum atomic E-state index is 13.0. The van der Waals surface area contributed by atoms with Crippen LogP contribution in [-0.2, 0) is 0 Å². The molecule has 0 spiro atoms. The van der Waals surface area contributed by atoms with Gasteiger partial charge in [0, 0.05) is 5.56 Å². The van der Waals surface area contributed by atoms with Crippen molar-refractivity contribution in [3.63, 3.8) is 0 Å². The topological polar surface area (TPSA) is 29.1 Å². The molecule has 0 bridgehead atoms. The third-order valence-electron chi connectivity index (χ3n) is 5.16. The maximum Gasteiger partial charge on any atom is 0.252 e. The Morgan fingerprint density at radius 3 is 1.86 bits per heavy atom. The molecule has 2 heteroatoms. The summed E-state index contributed by atoms with van der Waals surface area (Å²) in [7, 11) is 0. The molecule has 1 atom stereocenters. The van der Waals surface area contributed by atoms with Gasteiger partial charge in [0.15, 0.2) is 0 Å². The molecule has 4 aromatic carbocycles. The van der Waals surface area contributed by atoms with Crippen LogP contribution in [0, 0.1) is 6.92 Å². The van der Waals surface area contributed by atoms with Crippen molar-refractivity contribution in [1.29, 1.82) is 0 Å². The van der Waals surface area contributed by atoms with E-state index in [1.54, 1.807) is 0 Å². The van der Waals surface area contributed by atoms with E-state index in [4.69, 9.17) is 0 Å². The van der Waals surface area contributed by atoms with Crippen LogP contribution in [-0.4, -0.2) is 5.91 Å². The molecule has 0 aliphatic rings. The van der Waals surface area contributed by atoms with E-state index in [2.05, 4.69) is 48.6 Å². The minimum absolute atomic E-state index is 0.0817. The fraction of sp³-hybridized carbons (Fsp3) is 0.0741. The Balaban J connectivity index is 1.61. The molecule has 0 aromatic heterocycles. The molecule has 4 rings (SSSR count). The van der Waals surface area contributed by atoms with Crippen molar-refractivity contribution in [1.82, 2.24) is 5.32 Å². The lowest BCUT2D eigenvalue weighted by Gasteiger charge is -2.22. The lowest BCUT2D eigenvalue weighted by Crippen LogP contribution is -2.29. The van der Waals surface area contributed by atoms with Gasteiger partial charge in [0.1, 0.15) is 0 Å². The molecular formula is C27H23NO. The summed E-state index contributed by atoms with van der Waals surface area (Å²) >= 11 is 0. The zero-order valence-electron chi connectivity index (χ0n) is 16.4. The lowest BCUT2D eigenvalue weighted by molar-refractivity contribution is 0.0943. The number of hydrogen-bond donors (Lipinski definition) is 1. The molecule has 29 heavy (non-hydrogen) atoms. The highest BCUT2D eigenvalue weighted by Crippen LogP contribution is 2.26. The van der Waals surface area contributed by atoms with Gasteiger partial charge in [0.2, 0.25) is 0 Å². The first-order valence-electron chi connectivity index (χ1n) is 9.79. The monoisotopic (exact) mass is 377 g/mol. The SMILES string of the molecule is Cc1ccccc1[C@@H](NC(=O)c1ccc(-c2ccccc2)cc1)c1ccccc1. The van der Waals surface area contributed by atoms with Crippen LogP contribution in [0.15, 0.2) is 109 Å². The molecule has 4 aromatic rings. The predicted octanol–water partition coefficient (Wildman–Crippen LogP) is 6.18. The predicted molar refractivity (Wildman–Crippen MR) is 119 cm³/mol. The number of carbonyl (C=O) groups excluding carboxylic acids is 1. The van der Waals surface area contributed by atoms with E-state index in [1.165, 1.54) is 0 Å². The minimum atomic E-state index is -0.196. The van der Waals surface area contributed by atoms with E-state index >= 15 is 0 Å². The van der Waals surface area contributed by atoms with Crippen molar-refractivity contribution in [2.75, 3.05) is 0 Å². The van der Waals surface area contributed by atoms with Crippen molar-refractivity contribution < 1.29 is 4.79 Å². The van der Waals surface area contributed by atoms with Crippen LogP contribution >= 0.6 is 0 Å². The van der Waals surface area contributed by atoms with E-state index < -0.39 is 0 Å². The standard InChI is InChI=1S/C27H23NO/c1-20-10-8-9-15-25(20)26(23-13-6-3-7-14-23)28-27(29)24-18-16-22(17-19-24)21-11-4-2-5-12-21/h2-19,26H,1H3,(H,28,29)/t26-/m0/s1. The number of aryl methyl sites for hydroxylation is 1. The van der Waals surface area contributed by atoms with E-state index in [9.17, 15) is 4.79 Å². The van der Waals surface area contributed by atoms with Crippen LogP contribution in [0.5, 0.6) is 0 Å². The largest absolute Gasteiger partial charge is 0.341 e. The average Bonchev–Trinajstić information content (AvgIpc) is 2.79. The van der Waals surface area contributed by atoms with Crippen molar-refractivity contribution in [2.45, 2.75) is 13.0 Å². The van der Waals surface area contributed by atoms with Crippen LogP contribution < -0.4 is 5.32 Å². The summed E-state index contributed by atoms with van der Waals surface area (Å²) in [5.41, 5.74) is 6.21. The van der Waals surface area contributed by atoms with Gasteiger partial charge in [-0.05, 0) is 46.9 Å². The van der Waals surface area contributed by atoms with Crippen LogP contribution in [0.4, 0.5) is 0 Å². The summed E-state index contributed by atoms with van der Waals surface area (Å²) in [5, 5.41) is 3.23. The van der Waals surface area contributed by atoms with Gasteiger partial charge in [0.25, 0.3) is 5.91 Å². The molecule has 0 aliphatic carbocycles. The first-order chi connectivity index (χ1) is 14.2. The number of carbonyl (C=O) groups is 1. The summed E-state index contributed by atoms with van der Waals surface area (Å²) in [6.45, 7) is 2.08. The van der Waals surface area contributed by atoms with Crippen molar-refractivity contribution in [3.05, 3.63) is 131 Å². The summed E-state index contributed by atoms with van der Waals surface area (Å²) in [6.07, 6.45) is 0. The number of nitrogens with one attached hydrogen (secondary N) is 1. The summed E-state index contributed by atoms with van der Waals surface area (Å²) in [6, 6.07) is 36.0. The van der Waals surface area contributed by atoms with E-state index in [0.29, 0.717) is 5.56 Å².